The summed E-state index contributed by atoms with van der Waals surface area (Å²) in [5.41, 5.74) is 0.208. The molecule has 1 unspecified atom stereocenters. The number of fused-ring (bicyclic) bond motifs is 1. The van der Waals surface area contributed by atoms with Crippen LogP contribution in [-0.4, -0.2) is 91.7 Å². The molecule has 0 aliphatic carbocycles. The molecule has 170 valence electrons. The molecule has 4 rings (SSSR count). The third kappa shape index (κ3) is 4.13. The number of rotatable bonds is 7. The smallest absolute Gasteiger partial charge is 0.262 e. The van der Waals surface area contributed by atoms with Crippen LogP contribution in [-0.2, 0) is 19.1 Å². The zero-order valence-corrected chi connectivity index (χ0v) is 17.3. The normalized spacial score (nSPS) is 21.7. The van der Waals surface area contributed by atoms with Crippen LogP contribution in [0.5, 0.6) is 0 Å². The van der Waals surface area contributed by atoms with Crippen LogP contribution in [0.2, 0.25) is 0 Å². The molecule has 1 aromatic rings. The number of nitrogens with one attached hydrogen (secondary N) is 1. The Balaban J connectivity index is 1.46. The van der Waals surface area contributed by atoms with E-state index < -0.39 is 35.5 Å². The van der Waals surface area contributed by atoms with Gasteiger partial charge in [0.25, 0.3) is 11.8 Å². The Hall–Kier alpha value is -3.18. The summed E-state index contributed by atoms with van der Waals surface area (Å²) in [5, 5.41) is 2.14. The van der Waals surface area contributed by atoms with Crippen LogP contribution in [0.3, 0.4) is 0 Å². The summed E-state index contributed by atoms with van der Waals surface area (Å²) >= 11 is 0. The molecule has 32 heavy (non-hydrogen) atoms. The van der Waals surface area contributed by atoms with Gasteiger partial charge < -0.3 is 14.4 Å². The van der Waals surface area contributed by atoms with Crippen molar-refractivity contribution in [3.05, 3.63) is 29.1 Å². The first-order valence-corrected chi connectivity index (χ1v) is 10.4. The van der Waals surface area contributed by atoms with Crippen molar-refractivity contribution >= 4 is 35.6 Å². The number of carbonyl (C=O) groups excluding carboxylic acids is 5. The van der Waals surface area contributed by atoms with E-state index in [1.165, 1.54) is 6.07 Å². The molecule has 0 bridgehead atoms. The average Bonchev–Trinajstić information content (AvgIpc) is 3.01. The number of nitrogens with zero attached hydrogens (tertiary/aromatic N) is 3. The van der Waals surface area contributed by atoms with Crippen LogP contribution in [0, 0.1) is 5.82 Å². The van der Waals surface area contributed by atoms with Gasteiger partial charge in [0, 0.05) is 39.1 Å². The second kappa shape index (κ2) is 9.13. The highest BCUT2D eigenvalue weighted by Crippen LogP contribution is 2.33. The Kier molecular flexibility index (Phi) is 6.28. The SMILES string of the molecule is O=CCOCCN1CCN(c2cc3c(cc2F)C(=O)N(C2CCC(=O)NC2=O)C3=O)CC1. The topological polar surface area (TPSA) is 116 Å². The first-order chi connectivity index (χ1) is 15.4. The van der Waals surface area contributed by atoms with Gasteiger partial charge in [0.2, 0.25) is 11.8 Å². The van der Waals surface area contributed by atoms with Crippen molar-refractivity contribution in [3.63, 3.8) is 0 Å². The fraction of sp³-hybridized carbons (Fsp3) is 0.476. The minimum atomic E-state index is -1.09. The van der Waals surface area contributed by atoms with E-state index in [1.54, 1.807) is 0 Å². The van der Waals surface area contributed by atoms with Crippen LogP contribution in [0.25, 0.3) is 0 Å². The van der Waals surface area contributed by atoms with E-state index in [-0.39, 0.29) is 36.3 Å². The number of piperidine rings is 1. The van der Waals surface area contributed by atoms with E-state index in [0.29, 0.717) is 45.6 Å². The standard InChI is InChI=1S/C21H23FN4O6/c22-15-11-13-14(21(31)26(20(13)30)16-1-2-18(28)23-19(16)29)12-17(15)25-5-3-24(4-6-25)7-9-32-10-8-27/h8,11-12,16H,1-7,9-10H2,(H,23,28,29). The van der Waals surface area contributed by atoms with Crippen LogP contribution < -0.4 is 10.2 Å². The van der Waals surface area contributed by atoms with Gasteiger partial charge in [-0.25, -0.2) is 4.39 Å². The number of hydrogen-bond donors (Lipinski definition) is 1. The van der Waals surface area contributed by atoms with E-state index in [0.717, 1.165) is 11.0 Å². The average molecular weight is 446 g/mol. The summed E-state index contributed by atoms with van der Waals surface area (Å²) in [6, 6.07) is 1.34. The summed E-state index contributed by atoms with van der Waals surface area (Å²) in [4.78, 5) is 64.4. The van der Waals surface area contributed by atoms with Crippen molar-refractivity contribution in [2.75, 3.05) is 50.8 Å². The van der Waals surface area contributed by atoms with Gasteiger partial charge in [0.1, 0.15) is 24.8 Å². The van der Waals surface area contributed by atoms with Gasteiger partial charge in [-0.3, -0.25) is 34.3 Å². The van der Waals surface area contributed by atoms with Gasteiger partial charge in [-0.2, -0.15) is 0 Å². The summed E-state index contributed by atoms with van der Waals surface area (Å²) < 4.78 is 20.1. The van der Waals surface area contributed by atoms with E-state index >= 15 is 0 Å². The lowest BCUT2D eigenvalue weighted by Crippen LogP contribution is -2.54. The highest BCUT2D eigenvalue weighted by atomic mass is 19.1. The van der Waals surface area contributed by atoms with Gasteiger partial charge >= 0.3 is 0 Å². The number of aldehydes is 1. The Morgan fingerprint density at radius 3 is 2.41 bits per heavy atom. The van der Waals surface area contributed by atoms with Gasteiger partial charge in [-0.1, -0.05) is 0 Å². The molecule has 4 amide bonds. The molecule has 0 saturated carbocycles. The lowest BCUT2D eigenvalue weighted by molar-refractivity contribution is -0.136. The Labute approximate surface area is 183 Å². The second-order valence-corrected chi connectivity index (χ2v) is 7.87. The predicted molar refractivity (Wildman–Crippen MR) is 109 cm³/mol. The molecular formula is C21H23FN4O6. The highest BCUT2D eigenvalue weighted by Gasteiger charge is 2.45. The number of halogens is 1. The predicted octanol–water partition coefficient (Wildman–Crippen LogP) is -0.436. The van der Waals surface area contributed by atoms with Gasteiger partial charge in [-0.15, -0.1) is 0 Å². The maximum atomic E-state index is 14.9. The minimum absolute atomic E-state index is 0.0217. The van der Waals surface area contributed by atoms with Crippen molar-refractivity contribution < 1.29 is 33.1 Å². The second-order valence-electron chi connectivity index (χ2n) is 7.87. The van der Waals surface area contributed by atoms with Crippen molar-refractivity contribution in [1.29, 1.82) is 0 Å². The Bertz CT molecular complexity index is 975. The maximum Gasteiger partial charge on any atom is 0.262 e. The molecular weight excluding hydrogens is 423 g/mol. The Morgan fingerprint density at radius 1 is 1.06 bits per heavy atom. The summed E-state index contributed by atoms with van der Waals surface area (Å²) in [5.74, 6) is -3.16. The van der Waals surface area contributed by atoms with Crippen LogP contribution in [0.4, 0.5) is 10.1 Å². The lowest BCUT2D eigenvalue weighted by atomic mass is 10.0. The number of carbonyl (C=O) groups is 5. The minimum Gasteiger partial charge on any atom is -0.373 e. The number of anilines is 1. The molecule has 3 aliphatic rings. The number of imide groups is 2. The van der Waals surface area contributed by atoms with Crippen molar-refractivity contribution in [2.24, 2.45) is 0 Å². The molecule has 0 aromatic heterocycles. The molecule has 1 atom stereocenters. The van der Waals surface area contributed by atoms with E-state index in [9.17, 15) is 28.4 Å². The van der Waals surface area contributed by atoms with Crippen molar-refractivity contribution in [2.45, 2.75) is 18.9 Å². The van der Waals surface area contributed by atoms with Crippen LogP contribution in [0.1, 0.15) is 33.6 Å². The summed E-state index contributed by atoms with van der Waals surface area (Å²) in [7, 11) is 0. The molecule has 10 nitrogen and oxygen atoms in total. The molecule has 1 N–H and O–H groups in total. The highest BCUT2D eigenvalue weighted by molar-refractivity contribution is 6.23. The first-order valence-electron chi connectivity index (χ1n) is 10.4. The van der Waals surface area contributed by atoms with E-state index in [2.05, 4.69) is 10.2 Å². The fourth-order valence-electron chi connectivity index (χ4n) is 4.26. The third-order valence-electron chi connectivity index (χ3n) is 5.96. The number of benzene rings is 1. The maximum absolute atomic E-state index is 14.9. The van der Waals surface area contributed by atoms with Crippen LogP contribution in [0.15, 0.2) is 12.1 Å². The number of hydrogen-bond acceptors (Lipinski definition) is 8. The largest absolute Gasteiger partial charge is 0.373 e. The number of amides is 4. The molecule has 11 heteroatoms. The zero-order chi connectivity index (χ0) is 22.8. The monoisotopic (exact) mass is 446 g/mol. The van der Waals surface area contributed by atoms with E-state index in [1.807, 2.05) is 4.90 Å². The lowest BCUT2D eigenvalue weighted by Gasteiger charge is -2.36. The molecule has 2 fully saturated rings. The number of ether oxygens (including phenoxy) is 1. The molecule has 3 aliphatic heterocycles. The fourth-order valence-corrected chi connectivity index (χ4v) is 4.26. The Morgan fingerprint density at radius 2 is 1.75 bits per heavy atom. The quantitative estimate of drug-likeness (QED) is 0.341. The zero-order valence-electron chi connectivity index (χ0n) is 17.3. The molecule has 0 spiro atoms. The molecule has 2 saturated heterocycles. The van der Waals surface area contributed by atoms with E-state index in [4.69, 9.17) is 4.74 Å². The van der Waals surface area contributed by atoms with Crippen molar-refractivity contribution in [1.82, 2.24) is 15.1 Å². The first kappa shape index (κ1) is 22.0. The summed E-state index contributed by atoms with van der Waals surface area (Å²) in [6.07, 6.45) is 0.764. The van der Waals surface area contributed by atoms with Gasteiger partial charge in [0.05, 0.1) is 23.4 Å². The number of piperazine rings is 1. The molecule has 1 aromatic carbocycles. The van der Waals surface area contributed by atoms with Crippen molar-refractivity contribution in [3.8, 4) is 0 Å². The summed E-state index contributed by atoms with van der Waals surface area (Å²) in [6.45, 7) is 3.47. The van der Waals surface area contributed by atoms with Crippen LogP contribution >= 0.6 is 0 Å². The van der Waals surface area contributed by atoms with Gasteiger partial charge in [-0.05, 0) is 18.6 Å². The third-order valence-corrected chi connectivity index (χ3v) is 5.96. The molecule has 3 heterocycles. The molecule has 0 radical (unpaired) electrons. The van der Waals surface area contributed by atoms with Gasteiger partial charge in [0.15, 0.2) is 0 Å².